The van der Waals surface area contributed by atoms with Crippen LogP contribution in [0.4, 0.5) is 0 Å². The number of aryl methyl sites for hydroxylation is 1. The molecule has 1 aromatic rings. The molecule has 0 spiro atoms. The molecule has 0 saturated heterocycles. The molecular weight excluding hydrogens is 238 g/mol. The van der Waals surface area contributed by atoms with Gasteiger partial charge in [0.1, 0.15) is 7.05 Å². The Morgan fingerprint density at radius 1 is 1.06 bits per heavy atom. The van der Waals surface area contributed by atoms with Crippen molar-refractivity contribution in [2.75, 3.05) is 0 Å². The maximum atomic E-state index is 2.29. The third kappa shape index (κ3) is 1.80. The van der Waals surface area contributed by atoms with E-state index in [9.17, 15) is 0 Å². The Kier molecular flexibility index (Phi) is 2.52. The molecule has 4 aliphatic carbocycles. The van der Waals surface area contributed by atoms with Crippen LogP contribution in [0.5, 0.6) is 0 Å². The van der Waals surface area contributed by atoms with Crippen molar-refractivity contribution >= 4 is 11.8 Å². The molecule has 0 aliphatic heterocycles. The van der Waals surface area contributed by atoms with Crippen LogP contribution >= 0.6 is 11.8 Å². The summed E-state index contributed by atoms with van der Waals surface area (Å²) in [5, 5.41) is 1.46. The van der Waals surface area contributed by atoms with Crippen LogP contribution in [0, 0.1) is 17.8 Å². The van der Waals surface area contributed by atoms with Crippen molar-refractivity contribution in [3.8, 4) is 0 Å². The smallest absolute Gasteiger partial charge is 0.196 e. The highest BCUT2D eigenvalue weighted by Gasteiger charge is 2.52. The number of aromatic nitrogens is 1. The summed E-state index contributed by atoms with van der Waals surface area (Å²) >= 11 is 2.19. The van der Waals surface area contributed by atoms with Gasteiger partial charge in [-0.1, -0.05) is 11.8 Å². The van der Waals surface area contributed by atoms with Gasteiger partial charge in [-0.3, -0.25) is 0 Å². The van der Waals surface area contributed by atoms with Gasteiger partial charge in [-0.2, -0.15) is 4.57 Å². The summed E-state index contributed by atoms with van der Waals surface area (Å²) in [7, 11) is 2.18. The van der Waals surface area contributed by atoms with E-state index in [0.717, 1.165) is 17.8 Å². The van der Waals surface area contributed by atoms with Gasteiger partial charge in [0.2, 0.25) is 5.03 Å². The van der Waals surface area contributed by atoms with Crippen molar-refractivity contribution in [2.45, 2.75) is 48.3 Å². The van der Waals surface area contributed by atoms with Crippen LogP contribution in [0.2, 0.25) is 0 Å². The van der Waals surface area contributed by atoms with Gasteiger partial charge in [-0.25, -0.2) is 0 Å². The fraction of sp³-hybridized carbons (Fsp3) is 0.688. The van der Waals surface area contributed by atoms with E-state index in [0.29, 0.717) is 4.75 Å². The van der Waals surface area contributed by atoms with E-state index in [1.54, 1.807) is 19.3 Å². The van der Waals surface area contributed by atoms with E-state index < -0.39 is 0 Å². The van der Waals surface area contributed by atoms with Gasteiger partial charge in [-0.15, -0.1) is 0 Å². The minimum atomic E-state index is 0.591. The van der Waals surface area contributed by atoms with Crippen LogP contribution in [0.25, 0.3) is 0 Å². The summed E-state index contributed by atoms with van der Waals surface area (Å²) < 4.78 is 2.89. The maximum Gasteiger partial charge on any atom is 0.240 e. The number of rotatable bonds is 2. The van der Waals surface area contributed by atoms with Crippen LogP contribution in [-0.4, -0.2) is 4.75 Å². The van der Waals surface area contributed by atoms with Crippen molar-refractivity contribution in [1.82, 2.24) is 0 Å². The summed E-state index contributed by atoms with van der Waals surface area (Å²) in [4.78, 5) is 0. The summed E-state index contributed by atoms with van der Waals surface area (Å²) in [5.74, 6) is 3.16. The van der Waals surface area contributed by atoms with Gasteiger partial charge < -0.3 is 0 Å². The summed E-state index contributed by atoms with van der Waals surface area (Å²) in [6.07, 6.45) is 11.3. The topological polar surface area (TPSA) is 3.88 Å². The van der Waals surface area contributed by atoms with Crippen LogP contribution in [0.3, 0.4) is 0 Å². The second-order valence-corrected chi connectivity index (χ2v) is 8.34. The lowest BCUT2D eigenvalue weighted by atomic mass is 9.56. The first-order valence-electron chi connectivity index (χ1n) is 7.36. The molecule has 5 rings (SSSR count). The monoisotopic (exact) mass is 260 g/mol. The average Bonchev–Trinajstić information content (AvgIpc) is 2.30. The molecule has 0 aromatic carbocycles. The molecule has 96 valence electrons. The predicted molar refractivity (Wildman–Crippen MR) is 74.4 cm³/mol. The highest BCUT2D eigenvalue weighted by atomic mass is 32.2. The van der Waals surface area contributed by atoms with Crippen molar-refractivity contribution in [2.24, 2.45) is 24.8 Å². The largest absolute Gasteiger partial charge is 0.240 e. The molecule has 1 aromatic heterocycles. The normalized spacial score (nSPS) is 41.3. The van der Waals surface area contributed by atoms with Gasteiger partial charge in [0.15, 0.2) is 6.20 Å². The van der Waals surface area contributed by atoms with Crippen molar-refractivity contribution in [3.63, 3.8) is 0 Å². The third-order valence-corrected chi connectivity index (χ3v) is 6.88. The first-order chi connectivity index (χ1) is 8.72. The van der Waals surface area contributed by atoms with Crippen molar-refractivity contribution in [3.05, 3.63) is 24.4 Å². The third-order valence-electron chi connectivity index (χ3n) is 5.31. The van der Waals surface area contributed by atoms with Crippen LogP contribution in [0.1, 0.15) is 38.5 Å². The Bertz CT molecular complexity index is 433. The molecule has 4 fully saturated rings. The molecule has 1 nitrogen and oxygen atoms in total. The lowest BCUT2D eigenvalue weighted by molar-refractivity contribution is -0.708. The van der Waals surface area contributed by atoms with Crippen LogP contribution < -0.4 is 4.57 Å². The van der Waals surface area contributed by atoms with Crippen molar-refractivity contribution < 1.29 is 4.57 Å². The van der Waals surface area contributed by atoms with Gasteiger partial charge in [0, 0.05) is 16.9 Å². The summed E-state index contributed by atoms with van der Waals surface area (Å²) in [5.41, 5.74) is 0. The lowest BCUT2D eigenvalue weighted by Gasteiger charge is -2.55. The summed E-state index contributed by atoms with van der Waals surface area (Å²) in [6.45, 7) is 0. The van der Waals surface area contributed by atoms with Gasteiger partial charge in [0.25, 0.3) is 0 Å². The van der Waals surface area contributed by atoms with E-state index in [2.05, 4.69) is 47.8 Å². The molecule has 0 radical (unpaired) electrons. The average molecular weight is 260 g/mol. The van der Waals surface area contributed by atoms with Gasteiger partial charge in [-0.05, 0) is 62.3 Å². The first-order valence-corrected chi connectivity index (χ1v) is 8.18. The zero-order chi connectivity index (χ0) is 12.2. The Balaban J connectivity index is 1.63. The quantitative estimate of drug-likeness (QED) is 0.735. The Labute approximate surface area is 114 Å². The molecule has 0 amide bonds. The van der Waals surface area contributed by atoms with Crippen LogP contribution in [0.15, 0.2) is 29.4 Å². The second kappa shape index (κ2) is 4.00. The number of hydrogen-bond acceptors (Lipinski definition) is 1. The molecule has 0 atom stereocenters. The van der Waals surface area contributed by atoms with Gasteiger partial charge in [0.05, 0.1) is 0 Å². The van der Waals surface area contributed by atoms with Crippen LogP contribution in [-0.2, 0) is 7.05 Å². The Hall–Kier alpha value is -0.500. The molecule has 18 heavy (non-hydrogen) atoms. The molecule has 0 N–H and O–H groups in total. The Morgan fingerprint density at radius 2 is 1.67 bits per heavy atom. The standard InChI is InChI=1S/C16H22NS/c1-17-5-3-2-4-15(17)18-16-9-12-6-13(10-16)8-14(7-12)11-16/h2-5,12-14H,6-11H2,1H3/q+1. The molecule has 4 aliphatic rings. The summed E-state index contributed by atoms with van der Waals surface area (Å²) in [6, 6.07) is 6.61. The molecule has 2 heteroatoms. The molecule has 4 saturated carbocycles. The fourth-order valence-electron chi connectivity index (χ4n) is 4.99. The first kappa shape index (κ1) is 11.3. The minimum Gasteiger partial charge on any atom is -0.196 e. The van der Waals surface area contributed by atoms with E-state index in [1.807, 2.05) is 0 Å². The zero-order valence-corrected chi connectivity index (χ0v) is 12.0. The lowest BCUT2D eigenvalue weighted by Crippen LogP contribution is -2.49. The maximum absolute atomic E-state index is 2.29. The molecule has 1 heterocycles. The van der Waals surface area contributed by atoms with E-state index in [1.165, 1.54) is 24.3 Å². The highest BCUT2D eigenvalue weighted by Crippen LogP contribution is 2.61. The SMILES string of the molecule is C[n+]1ccccc1SC12CC3CC(CC(C3)C1)C2. The second-order valence-electron chi connectivity index (χ2n) is 6.85. The van der Waals surface area contributed by atoms with Crippen molar-refractivity contribution in [1.29, 1.82) is 0 Å². The number of hydrogen-bond donors (Lipinski definition) is 0. The van der Waals surface area contributed by atoms with Gasteiger partial charge >= 0.3 is 0 Å². The Morgan fingerprint density at radius 3 is 2.22 bits per heavy atom. The minimum absolute atomic E-state index is 0.591. The predicted octanol–water partition coefficient (Wildman–Crippen LogP) is 3.57. The molecule has 4 bridgehead atoms. The number of pyridine rings is 1. The van der Waals surface area contributed by atoms with E-state index in [4.69, 9.17) is 0 Å². The van der Waals surface area contributed by atoms with E-state index in [-0.39, 0.29) is 0 Å². The zero-order valence-electron chi connectivity index (χ0n) is 11.1. The highest BCUT2D eigenvalue weighted by molar-refractivity contribution is 8.00. The number of thioether (sulfide) groups is 1. The van der Waals surface area contributed by atoms with E-state index >= 15 is 0 Å². The number of nitrogens with zero attached hydrogens (tertiary/aromatic N) is 1. The fourth-order valence-corrected chi connectivity index (χ4v) is 6.74. The molecular formula is C16H22NS+. The molecule has 0 unspecified atom stereocenters.